The van der Waals surface area contributed by atoms with Gasteiger partial charge >= 0.3 is 6.09 Å². The van der Waals surface area contributed by atoms with Gasteiger partial charge in [0, 0.05) is 36.3 Å². The Hall–Kier alpha value is -5.05. The average molecular weight is 634 g/mol. The van der Waals surface area contributed by atoms with Crippen molar-refractivity contribution in [3.8, 4) is 23.0 Å². The lowest BCUT2D eigenvalue weighted by Gasteiger charge is -2.31. The van der Waals surface area contributed by atoms with Gasteiger partial charge in [-0.15, -0.1) is 0 Å². The molecule has 9 nitrogen and oxygen atoms in total. The number of aryl methyl sites for hydroxylation is 1. The minimum atomic E-state index is -0.499. The maximum Gasteiger partial charge on any atom is 0.407 e. The van der Waals surface area contributed by atoms with E-state index in [2.05, 4.69) is 28.8 Å². The highest BCUT2D eigenvalue weighted by Crippen LogP contribution is 2.36. The van der Waals surface area contributed by atoms with E-state index < -0.39 is 5.60 Å². The molecule has 47 heavy (non-hydrogen) atoms. The minimum absolute atomic E-state index is 0.132. The molecule has 244 valence electrons. The summed E-state index contributed by atoms with van der Waals surface area (Å²) in [5.41, 5.74) is 5.26. The summed E-state index contributed by atoms with van der Waals surface area (Å²) in [6.07, 6.45) is 3.38. The Morgan fingerprint density at radius 1 is 0.830 bits per heavy atom. The molecule has 0 bridgehead atoms. The van der Waals surface area contributed by atoms with Gasteiger partial charge in [-0.3, -0.25) is 4.68 Å². The van der Waals surface area contributed by atoms with Crippen molar-refractivity contribution in [1.29, 1.82) is 0 Å². The highest BCUT2D eigenvalue weighted by molar-refractivity contribution is 5.96. The van der Waals surface area contributed by atoms with Crippen LogP contribution >= 0.6 is 0 Å². The van der Waals surface area contributed by atoms with Gasteiger partial charge in [0.1, 0.15) is 24.5 Å². The van der Waals surface area contributed by atoms with Crippen molar-refractivity contribution in [3.63, 3.8) is 0 Å². The SMILES string of the molecule is Cn1nc(-c2ccc(OCc3ccccc3)nc2OCc2ccccc2)c2ccc(NC3CCC(NC(=O)OC(C)(C)C)CC3)cc21. The third-order valence-corrected chi connectivity index (χ3v) is 8.21. The topological polar surface area (TPSA) is 99.5 Å². The Bertz CT molecular complexity index is 1790. The van der Waals surface area contributed by atoms with Gasteiger partial charge in [-0.2, -0.15) is 10.1 Å². The smallest absolute Gasteiger partial charge is 0.407 e. The van der Waals surface area contributed by atoms with Crippen LogP contribution in [0.25, 0.3) is 22.2 Å². The van der Waals surface area contributed by atoms with E-state index in [4.69, 9.17) is 24.3 Å². The fourth-order valence-electron chi connectivity index (χ4n) is 5.89. The van der Waals surface area contributed by atoms with Gasteiger partial charge in [-0.25, -0.2) is 4.79 Å². The summed E-state index contributed by atoms with van der Waals surface area (Å²) in [4.78, 5) is 17.0. The Labute approximate surface area is 276 Å². The highest BCUT2D eigenvalue weighted by Gasteiger charge is 2.25. The van der Waals surface area contributed by atoms with Crippen LogP contribution in [0, 0.1) is 0 Å². The summed E-state index contributed by atoms with van der Waals surface area (Å²) in [5.74, 6) is 0.960. The van der Waals surface area contributed by atoms with Crippen LogP contribution in [0.1, 0.15) is 57.6 Å². The molecule has 0 unspecified atom stereocenters. The molecule has 0 atom stereocenters. The van der Waals surface area contributed by atoms with Crippen molar-refractivity contribution in [2.24, 2.45) is 7.05 Å². The van der Waals surface area contributed by atoms with Crippen molar-refractivity contribution in [2.45, 2.75) is 77.4 Å². The number of carbonyl (C=O) groups excluding carboxylic acids is 1. The predicted octanol–water partition coefficient (Wildman–Crippen LogP) is 8.04. The first-order valence-corrected chi connectivity index (χ1v) is 16.3. The normalized spacial score (nSPS) is 16.4. The summed E-state index contributed by atoms with van der Waals surface area (Å²) in [6.45, 7) is 6.42. The number of fused-ring (bicyclic) bond motifs is 1. The number of anilines is 1. The van der Waals surface area contributed by atoms with Crippen molar-refractivity contribution in [2.75, 3.05) is 5.32 Å². The lowest BCUT2D eigenvalue weighted by Crippen LogP contribution is -2.42. The summed E-state index contributed by atoms with van der Waals surface area (Å²) >= 11 is 0. The standard InChI is InChI=1S/C38H43N5O4/c1-38(2,3)47-37(44)40-29-17-15-28(16-18-29)39-30-19-20-31-33(23-30)43(4)42-35(31)32-21-22-34(45-24-26-11-7-5-8-12-26)41-36(32)46-25-27-13-9-6-10-14-27/h5-14,19-23,28-29,39H,15-18,24-25H2,1-4H3,(H,40,44). The monoisotopic (exact) mass is 633 g/mol. The zero-order valence-electron chi connectivity index (χ0n) is 27.5. The molecule has 3 aromatic carbocycles. The first-order valence-electron chi connectivity index (χ1n) is 16.3. The van der Waals surface area contributed by atoms with E-state index in [0.29, 0.717) is 31.0 Å². The third kappa shape index (κ3) is 8.41. The van der Waals surface area contributed by atoms with Gasteiger partial charge in [0.25, 0.3) is 0 Å². The van der Waals surface area contributed by atoms with Crippen molar-refractivity contribution >= 4 is 22.7 Å². The van der Waals surface area contributed by atoms with Crippen LogP contribution in [0.4, 0.5) is 10.5 Å². The number of pyridine rings is 1. The van der Waals surface area contributed by atoms with Gasteiger partial charge in [-0.1, -0.05) is 60.7 Å². The van der Waals surface area contributed by atoms with Gasteiger partial charge in [-0.05, 0) is 81.8 Å². The van der Waals surface area contributed by atoms with Crippen molar-refractivity contribution in [3.05, 3.63) is 102 Å². The van der Waals surface area contributed by atoms with E-state index >= 15 is 0 Å². The van der Waals surface area contributed by atoms with Crippen LogP contribution in [0.3, 0.4) is 0 Å². The number of rotatable bonds is 10. The molecule has 0 aliphatic heterocycles. The van der Waals surface area contributed by atoms with E-state index in [-0.39, 0.29) is 12.1 Å². The van der Waals surface area contributed by atoms with Crippen LogP contribution in [-0.2, 0) is 25.0 Å². The maximum atomic E-state index is 12.2. The van der Waals surface area contributed by atoms with Crippen molar-refractivity contribution < 1.29 is 19.0 Å². The minimum Gasteiger partial charge on any atom is -0.473 e. The first-order chi connectivity index (χ1) is 22.7. The lowest BCUT2D eigenvalue weighted by molar-refractivity contribution is 0.0492. The van der Waals surface area contributed by atoms with E-state index in [9.17, 15) is 4.79 Å². The molecular weight excluding hydrogens is 590 g/mol. The third-order valence-electron chi connectivity index (χ3n) is 8.21. The molecule has 0 radical (unpaired) electrons. The Morgan fingerprint density at radius 2 is 1.47 bits per heavy atom. The van der Waals surface area contributed by atoms with Crippen LogP contribution in [-0.4, -0.2) is 38.5 Å². The van der Waals surface area contributed by atoms with E-state index in [1.54, 1.807) is 0 Å². The molecule has 2 aromatic heterocycles. The number of aromatic nitrogens is 3. The average Bonchev–Trinajstić information content (AvgIpc) is 3.39. The molecule has 0 spiro atoms. The number of nitrogens with one attached hydrogen (secondary N) is 2. The maximum absolute atomic E-state index is 12.2. The highest BCUT2D eigenvalue weighted by atomic mass is 16.6. The molecule has 1 aliphatic rings. The van der Waals surface area contributed by atoms with Gasteiger partial charge in [0.15, 0.2) is 0 Å². The number of carbonyl (C=O) groups is 1. The van der Waals surface area contributed by atoms with Gasteiger partial charge < -0.3 is 24.8 Å². The molecule has 2 N–H and O–H groups in total. The second-order valence-electron chi connectivity index (χ2n) is 13.1. The van der Waals surface area contributed by atoms with E-state index in [1.807, 2.05) is 105 Å². The summed E-state index contributed by atoms with van der Waals surface area (Å²) < 4.78 is 19.7. The van der Waals surface area contributed by atoms with Crippen LogP contribution in [0.2, 0.25) is 0 Å². The molecule has 0 saturated heterocycles. The van der Waals surface area contributed by atoms with Crippen LogP contribution < -0.4 is 20.1 Å². The Balaban J connectivity index is 1.18. The quantitative estimate of drug-likeness (QED) is 0.161. The first kappa shape index (κ1) is 31.9. The number of benzene rings is 3. The summed E-state index contributed by atoms with van der Waals surface area (Å²) in [7, 11) is 1.96. The summed E-state index contributed by atoms with van der Waals surface area (Å²) in [6, 6.07) is 30.7. The predicted molar refractivity (Wildman–Crippen MR) is 185 cm³/mol. The number of hydrogen-bond acceptors (Lipinski definition) is 7. The van der Waals surface area contributed by atoms with E-state index in [1.165, 1.54) is 0 Å². The number of amides is 1. The molecule has 1 saturated carbocycles. The second-order valence-corrected chi connectivity index (χ2v) is 13.1. The second kappa shape index (κ2) is 14.2. The largest absolute Gasteiger partial charge is 0.473 e. The van der Waals surface area contributed by atoms with Gasteiger partial charge in [0.05, 0.1) is 11.1 Å². The Kier molecular flexibility index (Phi) is 9.61. The zero-order valence-corrected chi connectivity index (χ0v) is 27.5. The molecule has 1 aliphatic carbocycles. The molecule has 2 heterocycles. The fraction of sp³-hybridized carbons (Fsp3) is 0.342. The van der Waals surface area contributed by atoms with Crippen LogP contribution in [0.5, 0.6) is 11.8 Å². The van der Waals surface area contributed by atoms with Gasteiger partial charge in [0.2, 0.25) is 11.8 Å². The lowest BCUT2D eigenvalue weighted by atomic mass is 9.91. The van der Waals surface area contributed by atoms with Crippen molar-refractivity contribution in [1.82, 2.24) is 20.1 Å². The number of alkyl carbamates (subject to hydrolysis) is 1. The number of hydrogen-bond donors (Lipinski definition) is 2. The van der Waals surface area contributed by atoms with Crippen LogP contribution in [0.15, 0.2) is 91.0 Å². The molecule has 1 fully saturated rings. The Morgan fingerprint density at radius 3 is 2.13 bits per heavy atom. The molecular formula is C38H43N5O4. The fourth-order valence-corrected chi connectivity index (χ4v) is 5.89. The molecule has 6 rings (SSSR count). The number of nitrogens with zero attached hydrogens (tertiary/aromatic N) is 3. The molecule has 5 aromatic rings. The molecule has 9 heteroatoms. The van der Waals surface area contributed by atoms with E-state index in [0.717, 1.165) is 64.7 Å². The number of ether oxygens (including phenoxy) is 3. The molecule has 1 amide bonds. The summed E-state index contributed by atoms with van der Waals surface area (Å²) in [5, 5.41) is 12.7. The zero-order chi connectivity index (χ0) is 32.8.